The molecule has 0 aromatic heterocycles. The molecule has 6 N–H and O–H groups in total. The monoisotopic (exact) mass is 522 g/mol. The molecule has 0 amide bonds. The Morgan fingerprint density at radius 3 is 2.24 bits per heavy atom. The molecule has 0 spiro atoms. The zero-order chi connectivity index (χ0) is 26.7. The second-order valence-electron chi connectivity index (χ2n) is 9.10. The van der Waals surface area contributed by atoms with Gasteiger partial charge in [0.05, 0.1) is 33.4 Å². The SMILES string of the molecule is COc1cc(C2Oc3c(OC)cc(CCCO)cc3[C@@H]2CO)ccc1O[C@H]1O[C@@H](CO)[C@H](O)[C@@H](O)[C@@H]1O. The summed E-state index contributed by atoms with van der Waals surface area (Å²) in [4.78, 5) is 0. The van der Waals surface area contributed by atoms with Crippen molar-refractivity contribution in [1.29, 1.82) is 0 Å². The molecule has 11 nitrogen and oxygen atoms in total. The predicted octanol–water partition coefficient (Wildman–Crippen LogP) is 0.0170. The van der Waals surface area contributed by atoms with E-state index in [1.54, 1.807) is 25.3 Å². The molecule has 4 rings (SSSR count). The third kappa shape index (κ3) is 5.34. The Bertz CT molecular complexity index is 1060. The van der Waals surface area contributed by atoms with E-state index in [4.69, 9.17) is 23.7 Å². The van der Waals surface area contributed by atoms with Crippen LogP contribution in [0, 0.1) is 0 Å². The first kappa shape index (κ1) is 27.4. The van der Waals surface area contributed by atoms with E-state index in [0.717, 1.165) is 11.1 Å². The quantitative estimate of drug-likeness (QED) is 0.249. The molecule has 11 heteroatoms. The Balaban J connectivity index is 1.60. The van der Waals surface area contributed by atoms with Crippen LogP contribution in [-0.2, 0) is 11.2 Å². The number of fused-ring (bicyclic) bond motifs is 1. The Morgan fingerprint density at radius 2 is 1.59 bits per heavy atom. The van der Waals surface area contributed by atoms with Crippen molar-refractivity contribution in [2.24, 2.45) is 0 Å². The van der Waals surface area contributed by atoms with Crippen molar-refractivity contribution in [2.45, 2.75) is 55.6 Å². The summed E-state index contributed by atoms with van der Waals surface area (Å²) >= 11 is 0. The van der Waals surface area contributed by atoms with E-state index in [1.807, 2.05) is 12.1 Å². The number of benzene rings is 2. The van der Waals surface area contributed by atoms with Crippen LogP contribution < -0.4 is 18.9 Å². The molecule has 2 aromatic carbocycles. The lowest BCUT2D eigenvalue weighted by molar-refractivity contribution is -0.277. The summed E-state index contributed by atoms with van der Waals surface area (Å²) in [6.45, 7) is -0.691. The lowest BCUT2D eigenvalue weighted by Gasteiger charge is -2.39. The molecule has 1 fully saturated rings. The van der Waals surface area contributed by atoms with Gasteiger partial charge in [0.25, 0.3) is 0 Å². The molecule has 2 aliphatic rings. The van der Waals surface area contributed by atoms with E-state index in [9.17, 15) is 30.6 Å². The molecule has 0 saturated carbocycles. The maximum atomic E-state index is 10.3. The van der Waals surface area contributed by atoms with E-state index in [2.05, 4.69) is 0 Å². The smallest absolute Gasteiger partial charge is 0.229 e. The molecule has 37 heavy (non-hydrogen) atoms. The minimum atomic E-state index is -1.57. The van der Waals surface area contributed by atoms with Crippen molar-refractivity contribution in [3.05, 3.63) is 47.0 Å². The minimum absolute atomic E-state index is 0.0687. The van der Waals surface area contributed by atoms with Crippen molar-refractivity contribution >= 4 is 0 Å². The highest BCUT2D eigenvalue weighted by molar-refractivity contribution is 5.56. The Labute approximate surface area is 214 Å². The molecule has 0 bridgehead atoms. The highest BCUT2D eigenvalue weighted by Gasteiger charge is 2.45. The second kappa shape index (κ2) is 11.8. The average Bonchev–Trinajstić information content (AvgIpc) is 3.30. The predicted molar refractivity (Wildman–Crippen MR) is 129 cm³/mol. The minimum Gasteiger partial charge on any atom is -0.493 e. The first-order valence-electron chi connectivity index (χ1n) is 12.1. The van der Waals surface area contributed by atoms with Gasteiger partial charge in [0.1, 0.15) is 30.5 Å². The second-order valence-corrected chi connectivity index (χ2v) is 9.10. The van der Waals surface area contributed by atoms with Crippen LogP contribution in [-0.4, -0.2) is 95.4 Å². The van der Waals surface area contributed by atoms with Crippen molar-refractivity contribution in [1.82, 2.24) is 0 Å². The highest BCUT2D eigenvalue weighted by Crippen LogP contribution is 2.51. The Kier molecular flexibility index (Phi) is 8.75. The first-order chi connectivity index (χ1) is 17.9. The zero-order valence-electron chi connectivity index (χ0n) is 20.7. The fraction of sp³-hybridized carbons (Fsp3) is 0.538. The summed E-state index contributed by atoms with van der Waals surface area (Å²) in [6.07, 6.45) is -6.42. The van der Waals surface area contributed by atoms with E-state index in [-0.39, 0.29) is 30.6 Å². The number of ether oxygens (including phenoxy) is 5. The van der Waals surface area contributed by atoms with Crippen molar-refractivity contribution in [3.63, 3.8) is 0 Å². The molecule has 1 unspecified atom stereocenters. The number of methoxy groups -OCH3 is 2. The number of aryl methyl sites for hydroxylation is 1. The van der Waals surface area contributed by atoms with Gasteiger partial charge in [0, 0.05) is 12.2 Å². The largest absolute Gasteiger partial charge is 0.493 e. The normalized spacial score (nSPS) is 28.9. The average molecular weight is 523 g/mol. The summed E-state index contributed by atoms with van der Waals surface area (Å²) in [5.41, 5.74) is 2.46. The molecule has 1 saturated heterocycles. The van der Waals surface area contributed by atoms with E-state index in [0.29, 0.717) is 29.9 Å². The van der Waals surface area contributed by atoms with Crippen LogP contribution in [0.15, 0.2) is 30.3 Å². The number of rotatable bonds is 10. The van der Waals surface area contributed by atoms with Gasteiger partial charge in [-0.05, 0) is 42.2 Å². The van der Waals surface area contributed by atoms with Gasteiger partial charge in [-0.1, -0.05) is 12.1 Å². The van der Waals surface area contributed by atoms with Gasteiger partial charge < -0.3 is 54.3 Å². The van der Waals surface area contributed by atoms with Gasteiger partial charge in [-0.2, -0.15) is 0 Å². The zero-order valence-corrected chi connectivity index (χ0v) is 20.7. The third-order valence-corrected chi connectivity index (χ3v) is 6.80. The number of aliphatic hydroxyl groups is 6. The Morgan fingerprint density at radius 1 is 0.838 bits per heavy atom. The van der Waals surface area contributed by atoms with Gasteiger partial charge >= 0.3 is 0 Å². The first-order valence-corrected chi connectivity index (χ1v) is 12.1. The van der Waals surface area contributed by atoms with Gasteiger partial charge in [-0.3, -0.25) is 0 Å². The van der Waals surface area contributed by atoms with Crippen LogP contribution >= 0.6 is 0 Å². The van der Waals surface area contributed by atoms with Crippen LogP contribution in [0.1, 0.15) is 35.1 Å². The number of hydrogen-bond acceptors (Lipinski definition) is 11. The fourth-order valence-corrected chi connectivity index (χ4v) is 4.78. The summed E-state index contributed by atoms with van der Waals surface area (Å²) in [7, 11) is 2.98. The van der Waals surface area contributed by atoms with Crippen LogP contribution in [0.5, 0.6) is 23.0 Å². The van der Waals surface area contributed by atoms with Crippen molar-refractivity contribution in [3.8, 4) is 23.0 Å². The van der Waals surface area contributed by atoms with Gasteiger partial charge in [0.2, 0.25) is 6.29 Å². The third-order valence-electron chi connectivity index (χ3n) is 6.80. The summed E-state index contributed by atoms with van der Waals surface area (Å²) in [6, 6.07) is 8.81. The van der Waals surface area contributed by atoms with Crippen LogP contribution in [0.4, 0.5) is 0 Å². The lowest BCUT2D eigenvalue weighted by Crippen LogP contribution is -2.60. The van der Waals surface area contributed by atoms with E-state index in [1.165, 1.54) is 7.11 Å². The van der Waals surface area contributed by atoms with Crippen LogP contribution in [0.25, 0.3) is 0 Å². The molecule has 2 aliphatic heterocycles. The summed E-state index contributed by atoms with van der Waals surface area (Å²) < 4.78 is 28.5. The molecule has 204 valence electrons. The van der Waals surface area contributed by atoms with Gasteiger partial charge in [-0.25, -0.2) is 0 Å². The molecule has 0 aliphatic carbocycles. The molecular formula is C26H34O11. The topological polar surface area (TPSA) is 168 Å². The maximum Gasteiger partial charge on any atom is 0.229 e. The molecule has 0 radical (unpaired) electrons. The highest BCUT2D eigenvalue weighted by atomic mass is 16.7. The van der Waals surface area contributed by atoms with Gasteiger partial charge in [-0.15, -0.1) is 0 Å². The van der Waals surface area contributed by atoms with Crippen LogP contribution in [0.2, 0.25) is 0 Å². The Hall–Kier alpha value is -2.64. The number of hydrogen-bond donors (Lipinski definition) is 6. The standard InChI is InChI=1S/C26H34O11/c1-33-18-10-14(5-6-17(18)35-26-23(32)22(31)21(30)20(12-29)36-26)24-16(11-28)15-8-13(4-3-7-27)9-19(34-2)25(15)37-24/h5-6,8-10,16,20-24,26-32H,3-4,7,11-12H2,1-2H3/t16-,20-,21-,22+,23-,24?,26-/m0/s1. The van der Waals surface area contributed by atoms with Crippen molar-refractivity contribution < 1.29 is 54.3 Å². The van der Waals surface area contributed by atoms with E-state index < -0.39 is 43.4 Å². The fourth-order valence-electron chi connectivity index (χ4n) is 4.78. The summed E-state index contributed by atoms with van der Waals surface area (Å²) in [5, 5.41) is 59.2. The summed E-state index contributed by atoms with van der Waals surface area (Å²) in [5.74, 6) is 1.16. The van der Waals surface area contributed by atoms with Gasteiger partial charge in [0.15, 0.2) is 23.0 Å². The molecule has 7 atom stereocenters. The number of aliphatic hydroxyl groups excluding tert-OH is 6. The molecule has 2 heterocycles. The lowest BCUT2D eigenvalue weighted by atomic mass is 9.90. The van der Waals surface area contributed by atoms with E-state index >= 15 is 0 Å². The maximum absolute atomic E-state index is 10.3. The van der Waals surface area contributed by atoms with Crippen LogP contribution in [0.3, 0.4) is 0 Å². The molecular weight excluding hydrogens is 488 g/mol. The molecule has 2 aromatic rings. The van der Waals surface area contributed by atoms with Crippen molar-refractivity contribution in [2.75, 3.05) is 34.0 Å².